The highest BCUT2D eigenvalue weighted by Gasteiger charge is 2.45. The van der Waals surface area contributed by atoms with Gasteiger partial charge in [0, 0.05) is 0 Å². The maximum atomic E-state index is 11.7. The summed E-state index contributed by atoms with van der Waals surface area (Å²) >= 11 is 0. The molecule has 160 valence electrons. The summed E-state index contributed by atoms with van der Waals surface area (Å²) in [5.41, 5.74) is -1.58. The van der Waals surface area contributed by atoms with E-state index in [0.717, 1.165) is 32.1 Å². The van der Waals surface area contributed by atoms with E-state index in [1.54, 1.807) is 0 Å². The molecule has 0 unspecified atom stereocenters. The fourth-order valence-electron chi connectivity index (χ4n) is 3.77. The van der Waals surface area contributed by atoms with Crippen molar-refractivity contribution in [2.24, 2.45) is 5.41 Å². The van der Waals surface area contributed by atoms with Crippen molar-refractivity contribution in [3.8, 4) is 0 Å². The zero-order chi connectivity index (χ0) is 20.4. The first-order chi connectivity index (χ1) is 13.0. The average molecular weight is 385 g/mol. The van der Waals surface area contributed by atoms with Gasteiger partial charge >= 0.3 is 11.9 Å². The zero-order valence-corrected chi connectivity index (χ0v) is 17.9. The SMILES string of the molecule is CCCCCCCCCCCCC(CCCCCCCC)(C(=O)O)C(=O)O. The lowest BCUT2D eigenvalue weighted by Gasteiger charge is -2.25. The van der Waals surface area contributed by atoms with Crippen molar-refractivity contribution in [1.29, 1.82) is 0 Å². The summed E-state index contributed by atoms with van der Waals surface area (Å²) < 4.78 is 0. The Morgan fingerprint density at radius 1 is 0.519 bits per heavy atom. The molecule has 0 saturated carbocycles. The molecule has 0 aromatic rings. The number of rotatable bonds is 20. The van der Waals surface area contributed by atoms with Crippen molar-refractivity contribution in [2.75, 3.05) is 0 Å². The van der Waals surface area contributed by atoms with Crippen molar-refractivity contribution in [1.82, 2.24) is 0 Å². The molecule has 0 saturated heterocycles. The molecule has 0 spiro atoms. The Balaban J connectivity index is 4.08. The van der Waals surface area contributed by atoms with Gasteiger partial charge in [0.1, 0.15) is 0 Å². The highest BCUT2D eigenvalue weighted by molar-refractivity contribution is 5.98. The number of carboxylic acids is 2. The number of unbranched alkanes of at least 4 members (excludes halogenated alkanes) is 14. The molecule has 0 aromatic heterocycles. The molecule has 0 fully saturated rings. The molecule has 0 heterocycles. The molecular formula is C23H44O4. The molecule has 0 aliphatic carbocycles. The van der Waals surface area contributed by atoms with Gasteiger partial charge in [0.25, 0.3) is 0 Å². The lowest BCUT2D eigenvalue weighted by atomic mass is 9.78. The number of hydrogen-bond donors (Lipinski definition) is 2. The molecular weight excluding hydrogens is 340 g/mol. The van der Waals surface area contributed by atoms with Crippen molar-refractivity contribution in [2.45, 2.75) is 129 Å². The summed E-state index contributed by atoms with van der Waals surface area (Å²) in [6.45, 7) is 4.38. The summed E-state index contributed by atoms with van der Waals surface area (Å²) in [6.07, 6.45) is 18.4. The van der Waals surface area contributed by atoms with Crippen LogP contribution < -0.4 is 0 Å². The van der Waals surface area contributed by atoms with Gasteiger partial charge in [0.2, 0.25) is 0 Å². The van der Waals surface area contributed by atoms with E-state index in [1.807, 2.05) is 0 Å². The molecule has 4 heteroatoms. The van der Waals surface area contributed by atoms with Crippen molar-refractivity contribution < 1.29 is 19.8 Å². The van der Waals surface area contributed by atoms with Gasteiger partial charge in [0.05, 0.1) is 0 Å². The molecule has 2 N–H and O–H groups in total. The Hall–Kier alpha value is -1.06. The molecule has 0 atom stereocenters. The Morgan fingerprint density at radius 3 is 1.04 bits per heavy atom. The van der Waals surface area contributed by atoms with E-state index in [-0.39, 0.29) is 12.8 Å². The molecule has 27 heavy (non-hydrogen) atoms. The van der Waals surface area contributed by atoms with Crippen LogP contribution in [0.2, 0.25) is 0 Å². The van der Waals surface area contributed by atoms with Gasteiger partial charge in [0.15, 0.2) is 5.41 Å². The Kier molecular flexibility index (Phi) is 16.4. The van der Waals surface area contributed by atoms with Crippen LogP contribution in [-0.4, -0.2) is 22.2 Å². The quantitative estimate of drug-likeness (QED) is 0.172. The molecule has 0 aliphatic rings. The van der Waals surface area contributed by atoms with E-state index in [4.69, 9.17) is 0 Å². The van der Waals surface area contributed by atoms with Gasteiger partial charge in [-0.3, -0.25) is 9.59 Å². The minimum atomic E-state index is -1.58. The van der Waals surface area contributed by atoms with E-state index < -0.39 is 17.4 Å². The van der Waals surface area contributed by atoms with Crippen LogP contribution in [0.5, 0.6) is 0 Å². The zero-order valence-electron chi connectivity index (χ0n) is 17.9. The highest BCUT2D eigenvalue weighted by Crippen LogP contribution is 2.33. The first kappa shape index (κ1) is 25.9. The molecule has 0 amide bonds. The predicted molar refractivity (Wildman–Crippen MR) is 112 cm³/mol. The Labute approximate surface area is 167 Å². The number of carbonyl (C=O) groups is 2. The van der Waals surface area contributed by atoms with Crippen LogP contribution >= 0.6 is 0 Å². The van der Waals surface area contributed by atoms with Crippen LogP contribution in [0.15, 0.2) is 0 Å². The highest BCUT2D eigenvalue weighted by atomic mass is 16.4. The second-order valence-electron chi connectivity index (χ2n) is 8.14. The molecule has 0 rings (SSSR count). The van der Waals surface area contributed by atoms with E-state index >= 15 is 0 Å². The fraction of sp³-hybridized carbons (Fsp3) is 0.913. The molecule has 0 aliphatic heterocycles. The predicted octanol–water partition coefficient (Wildman–Crippen LogP) is 7.20. The molecule has 0 aromatic carbocycles. The number of aliphatic carboxylic acids is 2. The standard InChI is InChI=1S/C23H44O4/c1-3-5-7-9-11-12-13-14-16-18-20-23(21(24)25,22(26)27)19-17-15-10-8-6-4-2/h3-20H2,1-2H3,(H,24,25)(H,26,27). The smallest absolute Gasteiger partial charge is 0.321 e. The largest absolute Gasteiger partial charge is 0.480 e. The molecule has 0 radical (unpaired) electrons. The summed E-state index contributed by atoms with van der Waals surface area (Å²) in [4.78, 5) is 23.5. The first-order valence-electron chi connectivity index (χ1n) is 11.5. The van der Waals surface area contributed by atoms with Crippen LogP contribution in [0.3, 0.4) is 0 Å². The number of carboxylic acid groups (broad SMARTS) is 2. The third kappa shape index (κ3) is 12.1. The van der Waals surface area contributed by atoms with E-state index in [1.165, 1.54) is 57.8 Å². The average Bonchev–Trinajstić information content (AvgIpc) is 2.63. The Bertz CT molecular complexity index is 365. The third-order valence-electron chi connectivity index (χ3n) is 5.73. The topological polar surface area (TPSA) is 74.6 Å². The van der Waals surface area contributed by atoms with Crippen LogP contribution in [0, 0.1) is 5.41 Å². The summed E-state index contributed by atoms with van der Waals surface area (Å²) in [6, 6.07) is 0. The van der Waals surface area contributed by atoms with Gasteiger partial charge in [-0.15, -0.1) is 0 Å². The normalized spacial score (nSPS) is 11.6. The summed E-state index contributed by atoms with van der Waals surface area (Å²) in [5, 5.41) is 19.2. The van der Waals surface area contributed by atoms with E-state index in [9.17, 15) is 19.8 Å². The molecule has 0 bridgehead atoms. The van der Waals surface area contributed by atoms with E-state index in [2.05, 4.69) is 13.8 Å². The minimum Gasteiger partial charge on any atom is -0.480 e. The number of hydrogen-bond acceptors (Lipinski definition) is 2. The van der Waals surface area contributed by atoms with Crippen molar-refractivity contribution in [3.63, 3.8) is 0 Å². The van der Waals surface area contributed by atoms with E-state index in [0.29, 0.717) is 12.8 Å². The summed E-state index contributed by atoms with van der Waals surface area (Å²) in [5.74, 6) is -2.31. The van der Waals surface area contributed by atoms with Gasteiger partial charge < -0.3 is 10.2 Å². The lowest BCUT2D eigenvalue weighted by molar-refractivity contribution is -0.166. The second kappa shape index (κ2) is 17.1. The lowest BCUT2D eigenvalue weighted by Crippen LogP contribution is -2.39. The van der Waals surface area contributed by atoms with Gasteiger partial charge in [-0.2, -0.15) is 0 Å². The maximum Gasteiger partial charge on any atom is 0.321 e. The second-order valence-corrected chi connectivity index (χ2v) is 8.14. The first-order valence-corrected chi connectivity index (χ1v) is 11.5. The van der Waals surface area contributed by atoms with Gasteiger partial charge in [-0.05, 0) is 12.8 Å². The van der Waals surface area contributed by atoms with Crippen LogP contribution in [0.25, 0.3) is 0 Å². The third-order valence-corrected chi connectivity index (χ3v) is 5.73. The minimum absolute atomic E-state index is 0.265. The van der Waals surface area contributed by atoms with Crippen LogP contribution in [0.4, 0.5) is 0 Å². The van der Waals surface area contributed by atoms with Crippen molar-refractivity contribution in [3.05, 3.63) is 0 Å². The van der Waals surface area contributed by atoms with Crippen LogP contribution in [-0.2, 0) is 9.59 Å². The molecule has 4 nitrogen and oxygen atoms in total. The van der Waals surface area contributed by atoms with Gasteiger partial charge in [-0.25, -0.2) is 0 Å². The Morgan fingerprint density at radius 2 is 0.778 bits per heavy atom. The van der Waals surface area contributed by atoms with Gasteiger partial charge in [-0.1, -0.05) is 117 Å². The summed E-state index contributed by atoms with van der Waals surface area (Å²) in [7, 11) is 0. The van der Waals surface area contributed by atoms with Crippen LogP contribution in [0.1, 0.15) is 129 Å². The fourth-order valence-corrected chi connectivity index (χ4v) is 3.77. The maximum absolute atomic E-state index is 11.7. The van der Waals surface area contributed by atoms with Crippen molar-refractivity contribution >= 4 is 11.9 Å². The monoisotopic (exact) mass is 384 g/mol.